The van der Waals surface area contributed by atoms with Crippen LogP contribution in [-0.4, -0.2) is 12.2 Å². The van der Waals surface area contributed by atoms with Crippen molar-refractivity contribution in [2.24, 2.45) is 0 Å². The van der Waals surface area contributed by atoms with Gasteiger partial charge in [-0.2, -0.15) is 0 Å². The highest BCUT2D eigenvalue weighted by atomic mass is 19.1. The zero-order chi connectivity index (χ0) is 15.0. The fourth-order valence-corrected chi connectivity index (χ4v) is 2.74. The molecular formula is C17H17FO3. The standard InChI is InChI=1S/C17H17FO3/c1-10-7-11(18)3-5-13(10)17-9-15(19)14-8-12(20-2)4-6-16(14)21-17/h3-8,15,17,19H,9H2,1-2H3. The molecule has 1 heterocycles. The second-order valence-electron chi connectivity index (χ2n) is 5.26. The van der Waals surface area contributed by atoms with Crippen LogP contribution in [0.25, 0.3) is 0 Å². The number of hydrogen-bond donors (Lipinski definition) is 1. The van der Waals surface area contributed by atoms with Crippen LogP contribution >= 0.6 is 0 Å². The van der Waals surface area contributed by atoms with Crippen molar-refractivity contribution in [2.45, 2.75) is 25.6 Å². The van der Waals surface area contributed by atoms with Gasteiger partial charge < -0.3 is 14.6 Å². The maximum Gasteiger partial charge on any atom is 0.127 e. The minimum Gasteiger partial charge on any atom is -0.497 e. The largest absolute Gasteiger partial charge is 0.497 e. The van der Waals surface area contributed by atoms with Crippen LogP contribution in [-0.2, 0) is 0 Å². The summed E-state index contributed by atoms with van der Waals surface area (Å²) in [6, 6.07) is 9.99. The Balaban J connectivity index is 1.94. The predicted octanol–water partition coefficient (Wildman–Crippen LogP) is 3.70. The van der Waals surface area contributed by atoms with Gasteiger partial charge in [0.05, 0.1) is 13.2 Å². The quantitative estimate of drug-likeness (QED) is 0.915. The molecule has 21 heavy (non-hydrogen) atoms. The molecule has 2 unspecified atom stereocenters. The van der Waals surface area contributed by atoms with Crippen LogP contribution in [0.3, 0.4) is 0 Å². The maximum absolute atomic E-state index is 13.2. The summed E-state index contributed by atoms with van der Waals surface area (Å²) in [5, 5.41) is 10.3. The lowest BCUT2D eigenvalue weighted by Crippen LogP contribution is -2.19. The van der Waals surface area contributed by atoms with Crippen molar-refractivity contribution in [3.8, 4) is 11.5 Å². The van der Waals surface area contributed by atoms with Crippen molar-refractivity contribution in [1.29, 1.82) is 0 Å². The van der Waals surface area contributed by atoms with Gasteiger partial charge in [0.25, 0.3) is 0 Å². The number of methoxy groups -OCH3 is 1. The Morgan fingerprint density at radius 3 is 2.71 bits per heavy atom. The summed E-state index contributed by atoms with van der Waals surface area (Å²) in [7, 11) is 1.59. The van der Waals surface area contributed by atoms with Crippen LogP contribution in [0, 0.1) is 12.7 Å². The van der Waals surface area contributed by atoms with E-state index in [9.17, 15) is 9.50 Å². The lowest BCUT2D eigenvalue weighted by Gasteiger charge is -2.31. The van der Waals surface area contributed by atoms with Crippen molar-refractivity contribution >= 4 is 0 Å². The first kappa shape index (κ1) is 13.9. The number of benzene rings is 2. The molecule has 0 saturated heterocycles. The highest BCUT2D eigenvalue weighted by molar-refractivity contribution is 5.44. The number of rotatable bonds is 2. The summed E-state index contributed by atoms with van der Waals surface area (Å²) >= 11 is 0. The average Bonchev–Trinajstić information content (AvgIpc) is 2.47. The minimum atomic E-state index is -0.627. The van der Waals surface area contributed by atoms with E-state index in [-0.39, 0.29) is 11.9 Å². The minimum absolute atomic E-state index is 0.266. The Labute approximate surface area is 122 Å². The molecule has 0 bridgehead atoms. The first-order chi connectivity index (χ1) is 10.1. The number of aliphatic hydroxyl groups excluding tert-OH is 1. The predicted molar refractivity (Wildman–Crippen MR) is 77.1 cm³/mol. The van der Waals surface area contributed by atoms with E-state index in [1.54, 1.807) is 31.4 Å². The van der Waals surface area contributed by atoms with E-state index in [0.29, 0.717) is 17.9 Å². The molecule has 1 aliphatic heterocycles. The van der Waals surface area contributed by atoms with Crippen molar-refractivity contribution in [3.63, 3.8) is 0 Å². The molecule has 0 aromatic heterocycles. The molecule has 0 spiro atoms. The molecule has 3 rings (SSSR count). The van der Waals surface area contributed by atoms with E-state index in [2.05, 4.69) is 0 Å². The van der Waals surface area contributed by atoms with Crippen LogP contribution in [0.5, 0.6) is 11.5 Å². The third-order valence-electron chi connectivity index (χ3n) is 3.86. The number of hydrogen-bond acceptors (Lipinski definition) is 3. The van der Waals surface area contributed by atoms with E-state index in [1.807, 2.05) is 6.92 Å². The third-order valence-corrected chi connectivity index (χ3v) is 3.86. The van der Waals surface area contributed by atoms with E-state index >= 15 is 0 Å². The molecule has 2 atom stereocenters. The lowest BCUT2D eigenvalue weighted by atomic mass is 9.92. The fraction of sp³-hybridized carbons (Fsp3) is 0.294. The van der Waals surface area contributed by atoms with E-state index in [0.717, 1.165) is 16.7 Å². The van der Waals surface area contributed by atoms with Gasteiger partial charge in [0.15, 0.2) is 0 Å². The Morgan fingerprint density at radius 2 is 2.00 bits per heavy atom. The zero-order valence-corrected chi connectivity index (χ0v) is 12.0. The van der Waals surface area contributed by atoms with Crippen molar-refractivity contribution < 1.29 is 19.0 Å². The highest BCUT2D eigenvalue weighted by Crippen LogP contribution is 2.42. The maximum atomic E-state index is 13.2. The molecule has 110 valence electrons. The normalized spacial score (nSPS) is 20.6. The summed E-state index contributed by atoms with van der Waals surface area (Å²) in [5.41, 5.74) is 2.45. The Hall–Kier alpha value is -2.07. The van der Waals surface area contributed by atoms with Gasteiger partial charge in [-0.05, 0) is 48.4 Å². The summed E-state index contributed by atoms with van der Waals surface area (Å²) in [5.74, 6) is 1.06. The average molecular weight is 288 g/mol. The van der Waals surface area contributed by atoms with Gasteiger partial charge >= 0.3 is 0 Å². The van der Waals surface area contributed by atoms with Crippen molar-refractivity contribution in [1.82, 2.24) is 0 Å². The molecule has 0 saturated carbocycles. The van der Waals surface area contributed by atoms with Gasteiger partial charge in [0, 0.05) is 12.0 Å². The Morgan fingerprint density at radius 1 is 1.19 bits per heavy atom. The molecule has 0 fully saturated rings. The molecule has 2 aromatic carbocycles. The van der Waals surface area contributed by atoms with E-state index in [1.165, 1.54) is 12.1 Å². The first-order valence-electron chi connectivity index (χ1n) is 6.87. The van der Waals surface area contributed by atoms with Gasteiger partial charge in [-0.1, -0.05) is 6.07 Å². The van der Waals surface area contributed by atoms with Gasteiger partial charge in [0.2, 0.25) is 0 Å². The number of ether oxygens (including phenoxy) is 2. The van der Waals surface area contributed by atoms with Crippen LogP contribution in [0.1, 0.15) is 35.3 Å². The fourth-order valence-electron chi connectivity index (χ4n) is 2.74. The molecule has 1 N–H and O–H groups in total. The second-order valence-corrected chi connectivity index (χ2v) is 5.26. The Bertz CT molecular complexity index is 669. The topological polar surface area (TPSA) is 38.7 Å². The third kappa shape index (κ3) is 2.59. The number of aliphatic hydroxyl groups is 1. The van der Waals surface area contributed by atoms with Crippen LogP contribution in [0.2, 0.25) is 0 Å². The number of aryl methyl sites for hydroxylation is 1. The SMILES string of the molecule is COc1ccc2c(c1)C(O)CC(c1ccc(F)cc1C)O2. The first-order valence-corrected chi connectivity index (χ1v) is 6.87. The monoisotopic (exact) mass is 288 g/mol. The van der Waals surface area contributed by atoms with Crippen LogP contribution in [0.4, 0.5) is 4.39 Å². The Kier molecular flexibility index (Phi) is 3.55. The molecule has 0 amide bonds. The molecule has 0 radical (unpaired) electrons. The molecule has 4 heteroatoms. The van der Waals surface area contributed by atoms with Gasteiger partial charge in [-0.3, -0.25) is 0 Å². The summed E-state index contributed by atoms with van der Waals surface area (Å²) in [6.45, 7) is 1.84. The smallest absolute Gasteiger partial charge is 0.127 e. The molecule has 1 aliphatic rings. The van der Waals surface area contributed by atoms with Crippen molar-refractivity contribution in [2.75, 3.05) is 7.11 Å². The van der Waals surface area contributed by atoms with Gasteiger partial charge in [-0.25, -0.2) is 4.39 Å². The summed E-state index contributed by atoms with van der Waals surface area (Å²) in [6.07, 6.45) is -0.466. The lowest BCUT2D eigenvalue weighted by molar-refractivity contribution is 0.0651. The van der Waals surface area contributed by atoms with Crippen LogP contribution < -0.4 is 9.47 Å². The van der Waals surface area contributed by atoms with E-state index in [4.69, 9.17) is 9.47 Å². The second kappa shape index (κ2) is 5.37. The molecule has 0 aliphatic carbocycles. The van der Waals surface area contributed by atoms with Crippen LogP contribution in [0.15, 0.2) is 36.4 Å². The van der Waals surface area contributed by atoms with Gasteiger partial charge in [-0.15, -0.1) is 0 Å². The summed E-state index contributed by atoms with van der Waals surface area (Å²) < 4.78 is 24.3. The number of halogens is 1. The zero-order valence-electron chi connectivity index (χ0n) is 12.0. The molecule has 3 nitrogen and oxygen atoms in total. The summed E-state index contributed by atoms with van der Waals surface area (Å²) in [4.78, 5) is 0. The molecule has 2 aromatic rings. The van der Waals surface area contributed by atoms with Crippen molar-refractivity contribution in [3.05, 3.63) is 58.9 Å². The highest BCUT2D eigenvalue weighted by Gasteiger charge is 2.29. The van der Waals surface area contributed by atoms with E-state index < -0.39 is 6.10 Å². The number of fused-ring (bicyclic) bond motifs is 1. The molecular weight excluding hydrogens is 271 g/mol. The van der Waals surface area contributed by atoms with Gasteiger partial charge in [0.1, 0.15) is 23.4 Å².